The third-order valence-corrected chi connectivity index (χ3v) is 7.28. The molecule has 0 aromatic heterocycles. The van der Waals surface area contributed by atoms with Gasteiger partial charge < -0.3 is 9.64 Å². The molecule has 0 spiro atoms. The molecule has 2 aromatic rings. The van der Waals surface area contributed by atoms with Crippen molar-refractivity contribution in [3.05, 3.63) is 52.6 Å². The zero-order valence-corrected chi connectivity index (χ0v) is 17.6. The van der Waals surface area contributed by atoms with E-state index in [-0.39, 0.29) is 0 Å². The number of ether oxygens (including phenoxy) is 1. The van der Waals surface area contributed by atoms with Crippen molar-refractivity contribution in [3.8, 4) is 5.75 Å². The van der Waals surface area contributed by atoms with Crippen molar-refractivity contribution in [2.45, 2.75) is 32.6 Å². The molecule has 0 saturated carbocycles. The average molecular weight is 389 g/mol. The highest BCUT2D eigenvalue weighted by Crippen LogP contribution is 2.29. The van der Waals surface area contributed by atoms with Crippen LogP contribution in [0.3, 0.4) is 0 Å². The number of anilines is 1. The molecule has 0 bridgehead atoms. The summed E-state index contributed by atoms with van der Waals surface area (Å²) in [6.45, 7) is 10.3. The molecule has 0 radical (unpaired) electrons. The van der Waals surface area contributed by atoms with E-state index in [1.165, 1.54) is 16.8 Å². The van der Waals surface area contributed by atoms with Crippen LogP contribution in [-0.2, 0) is 10.0 Å². The lowest BCUT2D eigenvalue weighted by atomic mass is 10.1. The van der Waals surface area contributed by atoms with Crippen molar-refractivity contribution in [3.63, 3.8) is 0 Å². The molecule has 1 aliphatic heterocycles. The summed E-state index contributed by atoms with van der Waals surface area (Å²) in [5.74, 6) is 0.605. The highest BCUT2D eigenvalue weighted by molar-refractivity contribution is 7.89. The summed E-state index contributed by atoms with van der Waals surface area (Å²) in [5, 5.41) is 0. The Morgan fingerprint density at radius 3 is 2.11 bits per heavy atom. The number of hydrogen-bond acceptors (Lipinski definition) is 4. The quantitative estimate of drug-likeness (QED) is 0.805. The first-order valence-electron chi connectivity index (χ1n) is 9.21. The van der Waals surface area contributed by atoms with Crippen molar-refractivity contribution in [1.29, 1.82) is 0 Å². The number of sulfonamides is 1. The lowest BCUT2D eigenvalue weighted by Crippen LogP contribution is -2.49. The van der Waals surface area contributed by atoms with Gasteiger partial charge in [-0.2, -0.15) is 4.31 Å². The summed E-state index contributed by atoms with van der Waals surface area (Å²) in [4.78, 5) is 2.61. The minimum Gasteiger partial charge on any atom is -0.496 e. The van der Waals surface area contributed by atoms with Crippen molar-refractivity contribution >= 4 is 15.7 Å². The van der Waals surface area contributed by atoms with Crippen LogP contribution in [0.1, 0.15) is 22.3 Å². The topological polar surface area (TPSA) is 49.9 Å². The van der Waals surface area contributed by atoms with Gasteiger partial charge in [0.15, 0.2) is 0 Å². The second kappa shape index (κ2) is 7.52. The third kappa shape index (κ3) is 3.82. The molecule has 1 heterocycles. The van der Waals surface area contributed by atoms with Gasteiger partial charge in [-0.3, -0.25) is 0 Å². The summed E-state index contributed by atoms with van der Waals surface area (Å²) < 4.78 is 33.3. The maximum Gasteiger partial charge on any atom is 0.243 e. The Bertz CT molecular complexity index is 946. The van der Waals surface area contributed by atoms with Crippen LogP contribution in [0.25, 0.3) is 0 Å². The normalized spacial score (nSPS) is 15.8. The van der Waals surface area contributed by atoms with Crippen molar-refractivity contribution in [1.82, 2.24) is 4.31 Å². The van der Waals surface area contributed by atoms with Gasteiger partial charge in [-0.05, 0) is 50.5 Å². The Morgan fingerprint density at radius 1 is 0.852 bits per heavy atom. The maximum atomic E-state index is 13.2. The van der Waals surface area contributed by atoms with Gasteiger partial charge >= 0.3 is 0 Å². The van der Waals surface area contributed by atoms with Gasteiger partial charge in [0.1, 0.15) is 5.75 Å². The van der Waals surface area contributed by atoms with Crippen molar-refractivity contribution < 1.29 is 13.2 Å². The minimum absolute atomic E-state index is 0.338. The van der Waals surface area contributed by atoms with Gasteiger partial charge in [0.2, 0.25) is 10.0 Å². The average Bonchev–Trinajstić information content (AvgIpc) is 2.62. The first-order chi connectivity index (χ1) is 12.7. The predicted octanol–water partition coefficient (Wildman–Crippen LogP) is 3.44. The number of benzene rings is 2. The van der Waals surface area contributed by atoms with E-state index >= 15 is 0 Å². The Labute approximate surface area is 162 Å². The summed E-state index contributed by atoms with van der Waals surface area (Å²) in [7, 11) is -1.97. The lowest BCUT2D eigenvalue weighted by Gasteiger charge is -2.36. The molecule has 146 valence electrons. The van der Waals surface area contributed by atoms with E-state index in [9.17, 15) is 8.42 Å². The molecule has 1 saturated heterocycles. The number of hydrogen-bond donors (Lipinski definition) is 0. The highest BCUT2D eigenvalue weighted by atomic mass is 32.2. The number of nitrogens with zero attached hydrogens (tertiary/aromatic N) is 2. The zero-order chi connectivity index (χ0) is 19.8. The summed E-state index contributed by atoms with van der Waals surface area (Å²) in [6.07, 6.45) is 0. The van der Waals surface area contributed by atoms with E-state index in [4.69, 9.17) is 4.74 Å². The molecule has 5 nitrogen and oxygen atoms in total. The van der Waals surface area contributed by atoms with E-state index in [0.29, 0.717) is 36.8 Å². The van der Waals surface area contributed by atoms with Gasteiger partial charge in [0, 0.05) is 37.9 Å². The molecular formula is C21H28N2O3S. The van der Waals surface area contributed by atoms with Gasteiger partial charge in [-0.15, -0.1) is 0 Å². The van der Waals surface area contributed by atoms with Crippen LogP contribution >= 0.6 is 0 Å². The van der Waals surface area contributed by atoms with Crippen LogP contribution in [-0.4, -0.2) is 46.0 Å². The van der Waals surface area contributed by atoms with E-state index in [1.54, 1.807) is 17.5 Å². The molecule has 27 heavy (non-hydrogen) atoms. The second-order valence-electron chi connectivity index (χ2n) is 7.27. The van der Waals surface area contributed by atoms with Crippen molar-refractivity contribution in [2.75, 3.05) is 38.2 Å². The molecule has 0 N–H and O–H groups in total. The van der Waals surface area contributed by atoms with Crippen LogP contribution in [0.4, 0.5) is 5.69 Å². The smallest absolute Gasteiger partial charge is 0.243 e. The van der Waals surface area contributed by atoms with Crippen LogP contribution in [0.2, 0.25) is 0 Å². The van der Waals surface area contributed by atoms with E-state index in [2.05, 4.69) is 36.9 Å². The second-order valence-corrected chi connectivity index (χ2v) is 9.17. The number of aryl methyl sites for hydroxylation is 4. The summed E-state index contributed by atoms with van der Waals surface area (Å²) in [5.41, 5.74) is 5.34. The first-order valence-corrected chi connectivity index (χ1v) is 10.7. The molecule has 0 amide bonds. The fraction of sp³-hybridized carbons (Fsp3) is 0.429. The van der Waals surface area contributed by atoms with Gasteiger partial charge in [-0.25, -0.2) is 8.42 Å². The molecule has 2 aromatic carbocycles. The van der Waals surface area contributed by atoms with Crippen molar-refractivity contribution in [2.24, 2.45) is 0 Å². The number of methoxy groups -OCH3 is 1. The molecule has 0 unspecified atom stereocenters. The Kier molecular flexibility index (Phi) is 5.49. The summed E-state index contributed by atoms with van der Waals surface area (Å²) >= 11 is 0. The molecule has 0 aliphatic carbocycles. The molecule has 1 fully saturated rings. The zero-order valence-electron chi connectivity index (χ0n) is 16.7. The lowest BCUT2D eigenvalue weighted by molar-refractivity contribution is 0.383. The first kappa shape index (κ1) is 19.7. The van der Waals surface area contributed by atoms with Gasteiger partial charge in [0.25, 0.3) is 0 Å². The maximum absolute atomic E-state index is 13.2. The molecule has 1 aliphatic rings. The van der Waals surface area contributed by atoms with Gasteiger partial charge in [-0.1, -0.05) is 23.8 Å². The van der Waals surface area contributed by atoms with E-state index in [0.717, 1.165) is 11.1 Å². The van der Waals surface area contributed by atoms with E-state index < -0.39 is 10.0 Å². The number of rotatable bonds is 4. The van der Waals surface area contributed by atoms with Gasteiger partial charge in [0.05, 0.1) is 12.0 Å². The van der Waals surface area contributed by atoms with Crippen LogP contribution < -0.4 is 9.64 Å². The largest absolute Gasteiger partial charge is 0.496 e. The Morgan fingerprint density at radius 2 is 1.52 bits per heavy atom. The third-order valence-electron chi connectivity index (χ3n) is 5.24. The highest BCUT2D eigenvalue weighted by Gasteiger charge is 2.30. The fourth-order valence-electron chi connectivity index (χ4n) is 3.78. The Hall–Kier alpha value is -2.05. The van der Waals surface area contributed by atoms with Crippen LogP contribution in [0.5, 0.6) is 5.75 Å². The fourth-order valence-corrected chi connectivity index (χ4v) is 5.42. The van der Waals surface area contributed by atoms with Crippen LogP contribution in [0, 0.1) is 27.7 Å². The Balaban J connectivity index is 1.81. The standard InChI is InChI=1S/C21H28N2O3S/c1-15-6-7-19(16(2)12-15)22-8-10-23(11-9-22)27(24,25)21-14-20(26-5)17(3)13-18(21)4/h6-7,12-14H,8-11H2,1-5H3. The molecular weight excluding hydrogens is 360 g/mol. The SMILES string of the molecule is COc1cc(S(=O)(=O)N2CCN(c3ccc(C)cc3C)CC2)c(C)cc1C. The summed E-state index contributed by atoms with van der Waals surface area (Å²) in [6, 6.07) is 9.92. The molecule has 3 rings (SSSR count). The monoisotopic (exact) mass is 388 g/mol. The molecule has 0 atom stereocenters. The minimum atomic E-state index is -3.54. The predicted molar refractivity (Wildman–Crippen MR) is 109 cm³/mol. The number of piperazine rings is 1. The molecule has 6 heteroatoms. The van der Waals surface area contributed by atoms with E-state index in [1.807, 2.05) is 19.9 Å². The van der Waals surface area contributed by atoms with Crippen LogP contribution in [0.15, 0.2) is 35.2 Å².